The monoisotopic (exact) mass is 273 g/mol. The van der Waals surface area contributed by atoms with E-state index >= 15 is 0 Å². The maximum Gasteiger partial charge on any atom is 0.169 e. The van der Waals surface area contributed by atoms with Crippen molar-refractivity contribution in [3.8, 4) is 5.75 Å². The van der Waals surface area contributed by atoms with Crippen LogP contribution in [0, 0.1) is 11.8 Å². The number of para-hydroxylation sites is 1. The van der Waals surface area contributed by atoms with E-state index in [4.69, 9.17) is 4.74 Å². The number of fused-ring (bicyclic) bond motifs is 1. The maximum absolute atomic E-state index is 12.8. The van der Waals surface area contributed by atoms with Gasteiger partial charge in [-0.25, -0.2) is 0 Å². The fourth-order valence-corrected chi connectivity index (χ4v) is 3.48. The molecule has 0 aromatic heterocycles. The van der Waals surface area contributed by atoms with Crippen molar-refractivity contribution in [2.45, 2.75) is 39.0 Å². The molecule has 0 spiro atoms. The van der Waals surface area contributed by atoms with Gasteiger partial charge in [-0.3, -0.25) is 4.79 Å². The Morgan fingerprint density at radius 3 is 3.15 bits per heavy atom. The Kier molecular flexibility index (Phi) is 3.95. The number of ether oxygens (including phenoxy) is 1. The standard InChI is InChI=1S/C17H23NO2/c1-2-12-5-3-6-13(11-12)16(19)14-7-4-8-15-17(14)20-10-9-18-15/h4,7-8,12-13,18H,2-3,5-6,9-11H2,1H3. The van der Waals surface area contributed by atoms with Gasteiger partial charge in [0.25, 0.3) is 0 Å². The average Bonchev–Trinajstić information content (AvgIpc) is 2.53. The quantitative estimate of drug-likeness (QED) is 0.849. The molecule has 1 saturated carbocycles. The minimum atomic E-state index is 0.186. The van der Waals surface area contributed by atoms with Crippen LogP contribution >= 0.6 is 0 Å². The number of nitrogens with one attached hydrogen (secondary N) is 1. The zero-order chi connectivity index (χ0) is 13.9. The van der Waals surface area contributed by atoms with Gasteiger partial charge in [0.1, 0.15) is 6.61 Å². The Balaban J connectivity index is 1.83. The van der Waals surface area contributed by atoms with Crippen molar-refractivity contribution in [3.05, 3.63) is 23.8 Å². The first-order valence-electron chi connectivity index (χ1n) is 7.83. The van der Waals surface area contributed by atoms with Crippen LogP contribution in [0.2, 0.25) is 0 Å². The van der Waals surface area contributed by atoms with Crippen molar-refractivity contribution in [3.63, 3.8) is 0 Å². The van der Waals surface area contributed by atoms with Crippen molar-refractivity contribution in [2.75, 3.05) is 18.5 Å². The van der Waals surface area contributed by atoms with Crippen LogP contribution in [0.4, 0.5) is 5.69 Å². The summed E-state index contributed by atoms with van der Waals surface area (Å²) in [4.78, 5) is 12.8. The molecule has 2 aliphatic rings. The van der Waals surface area contributed by atoms with Crippen LogP contribution in [0.1, 0.15) is 49.4 Å². The summed E-state index contributed by atoms with van der Waals surface area (Å²) in [6.45, 7) is 3.68. The number of ketones is 1. The predicted octanol–water partition coefficient (Wildman–Crippen LogP) is 3.89. The Hall–Kier alpha value is -1.51. The van der Waals surface area contributed by atoms with Crippen molar-refractivity contribution in [1.29, 1.82) is 0 Å². The summed E-state index contributed by atoms with van der Waals surface area (Å²) < 4.78 is 5.74. The van der Waals surface area contributed by atoms with E-state index in [1.807, 2.05) is 18.2 Å². The molecule has 20 heavy (non-hydrogen) atoms. The van der Waals surface area contributed by atoms with E-state index in [9.17, 15) is 4.79 Å². The van der Waals surface area contributed by atoms with Crippen molar-refractivity contribution < 1.29 is 9.53 Å². The lowest BCUT2D eigenvalue weighted by molar-refractivity contribution is 0.0858. The highest BCUT2D eigenvalue weighted by Gasteiger charge is 2.29. The van der Waals surface area contributed by atoms with Crippen LogP contribution in [-0.4, -0.2) is 18.9 Å². The fraction of sp³-hybridized carbons (Fsp3) is 0.588. The first-order valence-corrected chi connectivity index (χ1v) is 7.83. The molecule has 0 amide bonds. The van der Waals surface area contributed by atoms with E-state index in [0.29, 0.717) is 6.61 Å². The van der Waals surface area contributed by atoms with Gasteiger partial charge in [-0.2, -0.15) is 0 Å². The van der Waals surface area contributed by atoms with Crippen LogP contribution < -0.4 is 10.1 Å². The summed E-state index contributed by atoms with van der Waals surface area (Å²) in [7, 11) is 0. The molecule has 2 atom stereocenters. The molecular formula is C17H23NO2. The van der Waals surface area contributed by atoms with E-state index in [1.54, 1.807) is 0 Å². The lowest BCUT2D eigenvalue weighted by Gasteiger charge is -2.29. The van der Waals surface area contributed by atoms with Crippen LogP contribution in [0.15, 0.2) is 18.2 Å². The molecule has 1 N–H and O–H groups in total. The molecule has 3 heteroatoms. The predicted molar refractivity (Wildman–Crippen MR) is 80.5 cm³/mol. The number of anilines is 1. The Morgan fingerprint density at radius 1 is 1.40 bits per heavy atom. The number of hydrogen-bond donors (Lipinski definition) is 1. The SMILES string of the molecule is CCC1CCCC(C(=O)c2cccc3c2OCCN3)C1. The summed E-state index contributed by atoms with van der Waals surface area (Å²) in [6, 6.07) is 5.86. The third-order valence-electron chi connectivity index (χ3n) is 4.68. The lowest BCUT2D eigenvalue weighted by atomic mass is 9.77. The molecule has 1 aliphatic carbocycles. The van der Waals surface area contributed by atoms with Crippen LogP contribution in [-0.2, 0) is 0 Å². The van der Waals surface area contributed by atoms with E-state index in [2.05, 4.69) is 12.2 Å². The topological polar surface area (TPSA) is 38.3 Å². The minimum absolute atomic E-state index is 0.186. The molecule has 1 fully saturated rings. The molecule has 108 valence electrons. The number of carbonyl (C=O) groups is 1. The largest absolute Gasteiger partial charge is 0.489 e. The first-order chi connectivity index (χ1) is 9.79. The number of hydrogen-bond acceptors (Lipinski definition) is 3. The molecule has 1 aromatic carbocycles. The third-order valence-corrected chi connectivity index (χ3v) is 4.68. The second-order valence-corrected chi connectivity index (χ2v) is 5.96. The lowest BCUT2D eigenvalue weighted by Crippen LogP contribution is -2.25. The second kappa shape index (κ2) is 5.86. The van der Waals surface area contributed by atoms with Gasteiger partial charge in [0, 0.05) is 12.5 Å². The highest BCUT2D eigenvalue weighted by atomic mass is 16.5. The van der Waals surface area contributed by atoms with Crippen molar-refractivity contribution >= 4 is 11.5 Å². The highest BCUT2D eigenvalue weighted by molar-refractivity contribution is 6.02. The van der Waals surface area contributed by atoms with Gasteiger partial charge in [0.15, 0.2) is 11.5 Å². The summed E-state index contributed by atoms with van der Waals surface area (Å²) >= 11 is 0. The summed E-state index contributed by atoms with van der Waals surface area (Å²) in [6.07, 6.45) is 5.74. The van der Waals surface area contributed by atoms with Crippen molar-refractivity contribution in [1.82, 2.24) is 0 Å². The Labute approximate surface area is 120 Å². The maximum atomic E-state index is 12.8. The number of rotatable bonds is 3. The normalized spacial score (nSPS) is 25.2. The van der Waals surface area contributed by atoms with Crippen molar-refractivity contribution in [2.24, 2.45) is 11.8 Å². The van der Waals surface area contributed by atoms with E-state index in [1.165, 1.54) is 19.3 Å². The zero-order valence-corrected chi connectivity index (χ0v) is 12.2. The van der Waals surface area contributed by atoms with Gasteiger partial charge in [-0.15, -0.1) is 0 Å². The fourth-order valence-electron chi connectivity index (χ4n) is 3.48. The molecule has 0 bridgehead atoms. The highest BCUT2D eigenvalue weighted by Crippen LogP contribution is 2.37. The van der Waals surface area contributed by atoms with Gasteiger partial charge in [0.05, 0.1) is 11.3 Å². The molecule has 1 heterocycles. The molecule has 0 radical (unpaired) electrons. The van der Waals surface area contributed by atoms with Gasteiger partial charge < -0.3 is 10.1 Å². The van der Waals surface area contributed by atoms with E-state index < -0.39 is 0 Å². The van der Waals surface area contributed by atoms with E-state index in [-0.39, 0.29) is 11.7 Å². The summed E-state index contributed by atoms with van der Waals surface area (Å²) in [5, 5.41) is 3.30. The van der Waals surface area contributed by atoms with Crippen LogP contribution in [0.25, 0.3) is 0 Å². The molecule has 3 nitrogen and oxygen atoms in total. The molecule has 1 aliphatic heterocycles. The van der Waals surface area contributed by atoms with Gasteiger partial charge >= 0.3 is 0 Å². The van der Waals surface area contributed by atoms with Crippen LogP contribution in [0.5, 0.6) is 5.75 Å². The molecule has 3 rings (SSSR count). The minimum Gasteiger partial charge on any atom is -0.489 e. The third kappa shape index (κ3) is 2.54. The first kappa shape index (κ1) is 13.5. The number of Topliss-reactive ketones (excluding diaryl/α,β-unsaturated/α-hetero) is 1. The van der Waals surface area contributed by atoms with Gasteiger partial charge in [-0.1, -0.05) is 32.3 Å². The zero-order valence-electron chi connectivity index (χ0n) is 12.2. The number of benzene rings is 1. The Morgan fingerprint density at radius 2 is 2.30 bits per heavy atom. The summed E-state index contributed by atoms with van der Waals surface area (Å²) in [5.74, 6) is 1.95. The Bertz CT molecular complexity index is 498. The molecule has 0 saturated heterocycles. The smallest absolute Gasteiger partial charge is 0.169 e. The summed E-state index contributed by atoms with van der Waals surface area (Å²) in [5.41, 5.74) is 1.74. The molecule has 2 unspecified atom stereocenters. The molecule has 1 aromatic rings. The second-order valence-electron chi connectivity index (χ2n) is 5.96. The molecular weight excluding hydrogens is 250 g/mol. The number of carbonyl (C=O) groups excluding carboxylic acids is 1. The van der Waals surface area contributed by atoms with Gasteiger partial charge in [-0.05, 0) is 30.9 Å². The van der Waals surface area contributed by atoms with E-state index in [0.717, 1.165) is 42.3 Å². The van der Waals surface area contributed by atoms with Crippen LogP contribution in [0.3, 0.4) is 0 Å². The average molecular weight is 273 g/mol. The van der Waals surface area contributed by atoms with Gasteiger partial charge in [0.2, 0.25) is 0 Å².